The van der Waals surface area contributed by atoms with Crippen LogP contribution >= 0.6 is 0 Å². The maximum Gasteiger partial charge on any atom is 0.0132 e. The van der Waals surface area contributed by atoms with Crippen molar-refractivity contribution in [1.29, 1.82) is 0 Å². The first-order valence-electron chi connectivity index (χ1n) is 4.73. The van der Waals surface area contributed by atoms with Gasteiger partial charge in [-0.05, 0) is 47.0 Å². The molecule has 0 aliphatic heterocycles. The first-order chi connectivity index (χ1) is 5.13. The predicted octanol–water partition coefficient (Wildman–Crippen LogP) is 2.47. The van der Waals surface area contributed by atoms with E-state index < -0.39 is 0 Å². The lowest BCUT2D eigenvalue weighted by atomic mass is 9.89. The molecule has 11 heavy (non-hydrogen) atoms. The average molecular weight is 154 g/mol. The van der Waals surface area contributed by atoms with Gasteiger partial charge in [-0.1, -0.05) is 0 Å². The smallest absolute Gasteiger partial charge is 0.0132 e. The summed E-state index contributed by atoms with van der Waals surface area (Å²) in [6, 6.07) is 2.16. The first kappa shape index (κ1) is 9.05. The van der Waals surface area contributed by atoms with Gasteiger partial charge in [-0.2, -0.15) is 0 Å². The zero-order valence-electron chi connectivity index (χ0n) is 8.17. The molecule has 0 heterocycles. The van der Waals surface area contributed by atoms with Crippen LogP contribution in [0.25, 0.3) is 0 Å². The van der Waals surface area contributed by atoms with Gasteiger partial charge in [-0.3, -0.25) is 4.90 Å². The van der Waals surface area contributed by atoms with Gasteiger partial charge in [-0.15, -0.1) is 0 Å². The lowest BCUT2D eigenvalue weighted by Gasteiger charge is -2.42. The van der Waals surface area contributed by atoms with Crippen LogP contribution in [0.3, 0.4) is 0 Å². The van der Waals surface area contributed by atoms with Crippen LogP contribution in [-0.4, -0.2) is 23.0 Å². The van der Waals surface area contributed by atoms with E-state index in [4.69, 9.17) is 0 Å². The normalized spacial score (nSPS) is 19.9. The molecule has 1 aliphatic rings. The molecular formula is C10H20N. The molecule has 1 rings (SSSR count). The lowest BCUT2D eigenvalue weighted by molar-refractivity contribution is 0.0981. The fourth-order valence-corrected chi connectivity index (χ4v) is 1.95. The Bertz CT molecular complexity index is 106. The minimum absolute atomic E-state index is 0.691. The Morgan fingerprint density at radius 1 is 1.18 bits per heavy atom. The van der Waals surface area contributed by atoms with Crippen molar-refractivity contribution in [1.82, 2.24) is 4.90 Å². The van der Waals surface area contributed by atoms with Crippen molar-refractivity contribution < 1.29 is 0 Å². The summed E-state index contributed by atoms with van der Waals surface area (Å²) >= 11 is 0. The number of hydrogen-bond acceptors (Lipinski definition) is 1. The van der Waals surface area contributed by atoms with Crippen LogP contribution in [0.5, 0.6) is 0 Å². The first-order valence-corrected chi connectivity index (χ1v) is 4.73. The van der Waals surface area contributed by atoms with E-state index in [2.05, 4.69) is 39.0 Å². The van der Waals surface area contributed by atoms with Crippen molar-refractivity contribution in [2.24, 2.45) is 0 Å². The number of rotatable bonds is 3. The van der Waals surface area contributed by atoms with E-state index in [1.54, 1.807) is 0 Å². The quantitative estimate of drug-likeness (QED) is 0.603. The van der Waals surface area contributed by atoms with Gasteiger partial charge in [0.2, 0.25) is 0 Å². The molecule has 0 saturated heterocycles. The van der Waals surface area contributed by atoms with Gasteiger partial charge < -0.3 is 0 Å². The van der Waals surface area contributed by atoms with Crippen LogP contribution in [0.2, 0.25) is 0 Å². The molecule has 0 spiro atoms. The van der Waals surface area contributed by atoms with Gasteiger partial charge in [0, 0.05) is 18.1 Å². The molecule has 1 fully saturated rings. The van der Waals surface area contributed by atoms with Crippen LogP contribution in [0, 0.1) is 6.42 Å². The molecule has 1 nitrogen and oxygen atoms in total. The lowest BCUT2D eigenvalue weighted by Crippen LogP contribution is -2.48. The summed E-state index contributed by atoms with van der Waals surface area (Å²) in [5.74, 6) is 0. The monoisotopic (exact) mass is 154 g/mol. The Morgan fingerprint density at radius 2 is 1.64 bits per heavy atom. The third-order valence-electron chi connectivity index (χ3n) is 2.48. The summed E-state index contributed by atoms with van der Waals surface area (Å²) in [6.45, 7) is 9.14. The molecule has 1 radical (unpaired) electrons. The van der Waals surface area contributed by atoms with Crippen molar-refractivity contribution in [3.8, 4) is 0 Å². The second kappa shape index (κ2) is 3.57. The minimum Gasteiger partial charge on any atom is -0.295 e. The average Bonchev–Trinajstić information content (AvgIpc) is 1.75. The Labute approximate surface area is 70.8 Å². The fourth-order valence-electron chi connectivity index (χ4n) is 1.95. The van der Waals surface area contributed by atoms with Gasteiger partial charge in [-0.25, -0.2) is 0 Å². The number of nitrogens with zero attached hydrogens (tertiary/aromatic N) is 1. The van der Waals surface area contributed by atoms with Crippen molar-refractivity contribution in [2.75, 3.05) is 0 Å². The highest BCUT2D eigenvalue weighted by molar-refractivity contribution is 4.97. The minimum atomic E-state index is 0.691. The second-order valence-corrected chi connectivity index (χ2v) is 4.02. The SMILES string of the molecule is CC(C)N(C(C)C)C1[CH]CC1. The summed E-state index contributed by atoms with van der Waals surface area (Å²) in [4.78, 5) is 2.59. The van der Waals surface area contributed by atoms with Crippen molar-refractivity contribution in [2.45, 2.75) is 58.7 Å². The Hall–Kier alpha value is -0.0400. The molecule has 1 atom stereocenters. The summed E-state index contributed by atoms with van der Waals surface area (Å²) in [5, 5.41) is 0. The molecule has 0 bridgehead atoms. The van der Waals surface area contributed by atoms with Crippen LogP contribution in [-0.2, 0) is 0 Å². The Kier molecular flexibility index (Phi) is 2.94. The Morgan fingerprint density at radius 3 is 1.73 bits per heavy atom. The molecule has 0 amide bonds. The standard InChI is InChI=1S/C10H20N/c1-8(2)11(9(3)4)10-6-5-7-10/h6,8-10H,5,7H2,1-4H3. The second-order valence-electron chi connectivity index (χ2n) is 4.02. The molecule has 0 aromatic heterocycles. The summed E-state index contributed by atoms with van der Waals surface area (Å²) in [5.41, 5.74) is 0. The predicted molar refractivity (Wildman–Crippen MR) is 49.4 cm³/mol. The zero-order valence-corrected chi connectivity index (χ0v) is 8.17. The fraction of sp³-hybridized carbons (Fsp3) is 0.900. The molecule has 65 valence electrons. The van der Waals surface area contributed by atoms with E-state index in [1.807, 2.05) is 0 Å². The molecular weight excluding hydrogens is 134 g/mol. The summed E-state index contributed by atoms with van der Waals surface area (Å²) in [6.07, 6.45) is 5.12. The summed E-state index contributed by atoms with van der Waals surface area (Å²) in [7, 11) is 0. The largest absolute Gasteiger partial charge is 0.295 e. The maximum absolute atomic E-state index is 2.59. The van der Waals surface area contributed by atoms with Crippen LogP contribution in [0.15, 0.2) is 0 Å². The highest BCUT2D eigenvalue weighted by Gasteiger charge is 2.28. The molecule has 0 aromatic carbocycles. The van der Waals surface area contributed by atoms with Crippen LogP contribution < -0.4 is 0 Å². The van der Waals surface area contributed by atoms with Crippen molar-refractivity contribution in [3.63, 3.8) is 0 Å². The van der Waals surface area contributed by atoms with Crippen molar-refractivity contribution in [3.05, 3.63) is 6.42 Å². The third kappa shape index (κ3) is 1.96. The topological polar surface area (TPSA) is 3.24 Å². The van der Waals surface area contributed by atoms with Gasteiger partial charge in [0.15, 0.2) is 0 Å². The van der Waals surface area contributed by atoms with Gasteiger partial charge in [0.05, 0.1) is 0 Å². The van der Waals surface area contributed by atoms with Crippen molar-refractivity contribution >= 4 is 0 Å². The molecule has 1 aliphatic carbocycles. The maximum atomic E-state index is 2.59. The van der Waals surface area contributed by atoms with E-state index >= 15 is 0 Å². The van der Waals surface area contributed by atoms with Crippen LogP contribution in [0.4, 0.5) is 0 Å². The number of hydrogen-bond donors (Lipinski definition) is 0. The molecule has 1 unspecified atom stereocenters. The van der Waals surface area contributed by atoms with E-state index in [9.17, 15) is 0 Å². The highest BCUT2D eigenvalue weighted by atomic mass is 15.2. The van der Waals surface area contributed by atoms with Gasteiger partial charge in [0.1, 0.15) is 0 Å². The van der Waals surface area contributed by atoms with Gasteiger partial charge in [0.25, 0.3) is 0 Å². The molecule has 1 saturated carbocycles. The molecule has 0 N–H and O–H groups in total. The molecule has 0 aromatic rings. The van der Waals surface area contributed by atoms with E-state index in [-0.39, 0.29) is 0 Å². The highest BCUT2D eigenvalue weighted by Crippen LogP contribution is 2.26. The van der Waals surface area contributed by atoms with E-state index in [0.29, 0.717) is 12.1 Å². The zero-order chi connectivity index (χ0) is 8.43. The van der Waals surface area contributed by atoms with Crippen LogP contribution in [0.1, 0.15) is 40.5 Å². The van der Waals surface area contributed by atoms with E-state index in [0.717, 1.165) is 6.04 Å². The molecule has 1 heteroatoms. The Balaban J connectivity index is 2.44. The van der Waals surface area contributed by atoms with Gasteiger partial charge >= 0.3 is 0 Å². The summed E-state index contributed by atoms with van der Waals surface area (Å²) < 4.78 is 0. The van der Waals surface area contributed by atoms with E-state index in [1.165, 1.54) is 12.8 Å². The third-order valence-corrected chi connectivity index (χ3v) is 2.48.